The molecule has 2 aliphatic heterocycles. The van der Waals surface area contributed by atoms with Gasteiger partial charge in [-0.15, -0.1) is 13.2 Å². The lowest BCUT2D eigenvalue weighted by atomic mass is 9.68. The first kappa shape index (κ1) is 32.1. The number of anilines is 1. The number of ether oxygens (including phenoxy) is 1. The van der Waals surface area contributed by atoms with Crippen LogP contribution >= 0.6 is 11.6 Å². The number of hydrogen-bond acceptors (Lipinski definition) is 7. The molecule has 5 atom stereocenters. The summed E-state index contributed by atoms with van der Waals surface area (Å²) >= 11 is 6.40. The summed E-state index contributed by atoms with van der Waals surface area (Å²) in [6, 6.07) is 11.3. The number of amides is 1. The number of carbonyl (C=O) groups excluding carboxylic acids is 1. The number of fused-ring (bicyclic) bond motifs is 3. The number of halogens is 1. The van der Waals surface area contributed by atoms with Gasteiger partial charge in [-0.25, -0.2) is 4.72 Å². The highest BCUT2D eigenvalue weighted by Gasteiger charge is 2.50. The fourth-order valence-electron chi connectivity index (χ4n) is 7.61. The monoisotopic (exact) mass is 655 g/mol. The molecule has 11 heteroatoms. The van der Waals surface area contributed by atoms with Crippen molar-refractivity contribution in [2.45, 2.75) is 62.1 Å². The van der Waals surface area contributed by atoms with Crippen molar-refractivity contribution in [2.75, 3.05) is 37.7 Å². The molecule has 6 rings (SSSR count). The van der Waals surface area contributed by atoms with Crippen LogP contribution in [0.5, 0.6) is 5.75 Å². The van der Waals surface area contributed by atoms with Crippen molar-refractivity contribution in [2.24, 2.45) is 11.8 Å². The van der Waals surface area contributed by atoms with E-state index in [1.807, 2.05) is 12.1 Å². The summed E-state index contributed by atoms with van der Waals surface area (Å²) in [6.07, 6.45) is 8.55. The lowest BCUT2D eigenvalue weighted by Crippen LogP contribution is -2.62. The third kappa shape index (κ3) is 5.91. The average molecular weight is 656 g/mol. The van der Waals surface area contributed by atoms with Gasteiger partial charge in [0.25, 0.3) is 5.91 Å². The smallest absolute Gasteiger partial charge is 0.304 e. The Hall–Kier alpha value is -2.89. The van der Waals surface area contributed by atoms with Crippen LogP contribution < -0.4 is 14.4 Å². The first-order chi connectivity index (χ1) is 21.5. The number of nitrogens with zero attached hydrogens (tertiary/aromatic N) is 2. The molecule has 9 nitrogen and oxygen atoms in total. The fraction of sp³-hybridized carbons (Fsp3) is 0.500. The van der Waals surface area contributed by atoms with E-state index in [4.69, 9.17) is 16.3 Å². The van der Waals surface area contributed by atoms with Crippen molar-refractivity contribution in [3.8, 4) is 5.75 Å². The van der Waals surface area contributed by atoms with E-state index in [9.17, 15) is 23.4 Å². The van der Waals surface area contributed by atoms with E-state index in [0.717, 1.165) is 42.1 Å². The minimum atomic E-state index is -4.08. The molecule has 0 radical (unpaired) electrons. The predicted octanol–water partition coefficient (Wildman–Crippen LogP) is 4.22. The Morgan fingerprint density at radius 3 is 2.73 bits per heavy atom. The summed E-state index contributed by atoms with van der Waals surface area (Å²) in [4.78, 5) is 15.5. The number of carbonyl (C=O) groups is 1. The third-order valence-corrected chi connectivity index (χ3v) is 12.0. The van der Waals surface area contributed by atoms with E-state index >= 15 is 0 Å². The summed E-state index contributed by atoms with van der Waals surface area (Å²) < 4.78 is 35.3. The number of rotatable bonds is 9. The van der Waals surface area contributed by atoms with E-state index in [1.54, 1.807) is 30.4 Å². The lowest BCUT2D eigenvalue weighted by Gasteiger charge is -2.45. The molecule has 2 aliphatic carbocycles. The van der Waals surface area contributed by atoms with Gasteiger partial charge in [0.05, 0.1) is 24.9 Å². The molecule has 2 heterocycles. The Bertz CT molecular complexity index is 1600. The van der Waals surface area contributed by atoms with Gasteiger partial charge in [0.1, 0.15) is 5.75 Å². The van der Waals surface area contributed by atoms with Crippen LogP contribution in [0.3, 0.4) is 0 Å². The molecular formula is C34H42ClN3O6S. The van der Waals surface area contributed by atoms with Gasteiger partial charge >= 0.3 is 10.2 Å². The lowest BCUT2D eigenvalue weighted by molar-refractivity contribution is -0.141. The standard InChI is InChI=1S/C34H42ClN3O6S/c1-3-5-6-16-38-21-34(41,32(40)36-45(38,42)43)25-10-14-31-29(18-25)37(19-24-9-12-27(24)30(39)4-2)20-33(22-44-31)15-7-8-23-17-26(35)11-13-28(23)33/h3-4,10-11,13-14,17-18,24,27,30,39,41H,1-2,5-9,12,15-16,19-22H2,(H,36,40)/t24-,27+,30-,33-,34-/m0/s1. The molecule has 2 aromatic rings. The van der Waals surface area contributed by atoms with Crippen molar-refractivity contribution < 1.29 is 28.2 Å². The molecule has 1 saturated heterocycles. The molecule has 242 valence electrons. The zero-order chi connectivity index (χ0) is 32.0. The quantitative estimate of drug-likeness (QED) is 0.274. The molecule has 0 aromatic heterocycles. The van der Waals surface area contributed by atoms with Crippen molar-refractivity contribution in [1.82, 2.24) is 9.03 Å². The largest absolute Gasteiger partial charge is 0.490 e. The maximum Gasteiger partial charge on any atom is 0.304 e. The first-order valence-corrected chi connectivity index (χ1v) is 17.6. The molecule has 1 saturated carbocycles. The molecule has 0 bridgehead atoms. The fourth-order valence-corrected chi connectivity index (χ4v) is 9.07. The number of benzene rings is 2. The predicted molar refractivity (Wildman–Crippen MR) is 175 cm³/mol. The highest BCUT2D eigenvalue weighted by molar-refractivity contribution is 7.87. The van der Waals surface area contributed by atoms with Crippen LogP contribution in [0.1, 0.15) is 55.2 Å². The molecule has 2 aromatic carbocycles. The van der Waals surface area contributed by atoms with Gasteiger partial charge in [-0.05, 0) is 97.7 Å². The highest BCUT2D eigenvalue weighted by Crippen LogP contribution is 2.47. The van der Waals surface area contributed by atoms with Crippen LogP contribution in [0.15, 0.2) is 61.7 Å². The number of β-amino-alcohol motifs (C(OH)–C–C–N with tert-alkyl or cyclic N) is 1. The second kappa shape index (κ2) is 12.4. The first-order valence-electron chi connectivity index (χ1n) is 15.8. The van der Waals surface area contributed by atoms with E-state index in [-0.39, 0.29) is 23.8 Å². The minimum Gasteiger partial charge on any atom is -0.490 e. The van der Waals surface area contributed by atoms with Crippen LogP contribution in [0.25, 0.3) is 0 Å². The van der Waals surface area contributed by atoms with Gasteiger partial charge < -0.3 is 19.8 Å². The number of nitrogens with one attached hydrogen (secondary N) is 1. The summed E-state index contributed by atoms with van der Waals surface area (Å²) in [5.74, 6) is -0.0443. The van der Waals surface area contributed by atoms with Crippen LogP contribution in [0.4, 0.5) is 5.69 Å². The van der Waals surface area contributed by atoms with Crippen LogP contribution in [0.2, 0.25) is 5.02 Å². The van der Waals surface area contributed by atoms with E-state index < -0.39 is 34.4 Å². The maximum absolute atomic E-state index is 13.2. The zero-order valence-corrected chi connectivity index (χ0v) is 27.0. The van der Waals surface area contributed by atoms with Crippen molar-refractivity contribution in [3.05, 3.63) is 83.4 Å². The van der Waals surface area contributed by atoms with Gasteiger partial charge in [0, 0.05) is 30.1 Å². The summed E-state index contributed by atoms with van der Waals surface area (Å²) in [6.45, 7) is 8.97. The van der Waals surface area contributed by atoms with Crippen molar-refractivity contribution in [1.29, 1.82) is 0 Å². The van der Waals surface area contributed by atoms with Crippen LogP contribution in [-0.2, 0) is 32.4 Å². The van der Waals surface area contributed by atoms with Gasteiger partial charge in [-0.2, -0.15) is 12.7 Å². The van der Waals surface area contributed by atoms with Crippen molar-refractivity contribution in [3.63, 3.8) is 0 Å². The molecule has 0 unspecified atom stereocenters. The Kier molecular flexibility index (Phi) is 8.82. The normalized spacial score (nSPS) is 29.8. The van der Waals surface area contributed by atoms with E-state index in [2.05, 4.69) is 28.8 Å². The van der Waals surface area contributed by atoms with Gasteiger partial charge in [-0.1, -0.05) is 35.9 Å². The Morgan fingerprint density at radius 1 is 1.18 bits per heavy atom. The molecule has 2 fully saturated rings. The van der Waals surface area contributed by atoms with E-state index in [0.29, 0.717) is 48.9 Å². The third-order valence-electron chi connectivity index (χ3n) is 10.3. The molecular weight excluding hydrogens is 614 g/mol. The number of hydrogen-bond donors (Lipinski definition) is 3. The number of aliphatic hydroxyl groups excluding tert-OH is 1. The zero-order valence-electron chi connectivity index (χ0n) is 25.5. The van der Waals surface area contributed by atoms with Crippen LogP contribution in [-0.4, -0.2) is 67.7 Å². The van der Waals surface area contributed by atoms with E-state index in [1.165, 1.54) is 11.1 Å². The Labute approximate surface area is 270 Å². The van der Waals surface area contributed by atoms with Crippen LogP contribution in [0, 0.1) is 11.8 Å². The summed E-state index contributed by atoms with van der Waals surface area (Å²) in [5, 5.41) is 23.2. The molecule has 1 spiro atoms. The number of aliphatic hydroxyl groups is 2. The van der Waals surface area contributed by atoms with Crippen molar-refractivity contribution >= 4 is 33.4 Å². The number of allylic oxidation sites excluding steroid dienone is 1. The van der Waals surface area contributed by atoms with Gasteiger partial charge in [0.15, 0.2) is 5.60 Å². The molecule has 1 amide bonds. The second-order valence-electron chi connectivity index (χ2n) is 13.1. The maximum atomic E-state index is 13.2. The minimum absolute atomic E-state index is 0.0920. The summed E-state index contributed by atoms with van der Waals surface area (Å²) in [5.41, 5.74) is 1.05. The SMILES string of the molecule is C=CCCCN1C[C@](O)(c2ccc3c(c2)N(C[C@@H]2CC[C@H]2[C@@H](O)C=C)C[C@@]2(CCCc4cc(Cl)ccc42)CO3)C(=O)NS1(=O)=O. The number of aryl methyl sites for hydroxylation is 1. The number of unbranched alkanes of at least 4 members (excludes halogenated alkanes) is 1. The second-order valence-corrected chi connectivity index (χ2v) is 15.2. The van der Waals surface area contributed by atoms with Gasteiger partial charge in [-0.3, -0.25) is 4.79 Å². The molecule has 45 heavy (non-hydrogen) atoms. The highest BCUT2D eigenvalue weighted by atomic mass is 35.5. The Balaban J connectivity index is 1.39. The molecule has 3 N–H and O–H groups in total. The topological polar surface area (TPSA) is 119 Å². The molecule has 4 aliphatic rings. The van der Waals surface area contributed by atoms with Gasteiger partial charge in [0.2, 0.25) is 0 Å². The average Bonchev–Trinajstić information content (AvgIpc) is 3.14. The Morgan fingerprint density at radius 2 is 2.00 bits per heavy atom. The summed E-state index contributed by atoms with van der Waals surface area (Å²) in [7, 11) is -4.08.